The van der Waals surface area contributed by atoms with Crippen LogP contribution in [0.1, 0.15) is 38.5 Å². The number of amides is 1. The number of hydrogen-bond donors (Lipinski definition) is 0. The average Bonchev–Trinajstić information content (AvgIpc) is 3.14. The van der Waals surface area contributed by atoms with Gasteiger partial charge in [-0.25, -0.2) is 0 Å². The van der Waals surface area contributed by atoms with Crippen LogP contribution >= 0.6 is 0 Å². The molecule has 4 aliphatic rings. The zero-order valence-electron chi connectivity index (χ0n) is 11.5. The summed E-state index contributed by atoms with van der Waals surface area (Å²) >= 11 is 0. The molecule has 4 fully saturated rings. The van der Waals surface area contributed by atoms with Crippen molar-refractivity contribution in [3.8, 4) is 0 Å². The van der Waals surface area contributed by atoms with E-state index >= 15 is 0 Å². The van der Waals surface area contributed by atoms with Crippen molar-refractivity contribution in [3.63, 3.8) is 0 Å². The fourth-order valence-electron chi connectivity index (χ4n) is 4.69. The van der Waals surface area contributed by atoms with Crippen molar-refractivity contribution in [2.75, 3.05) is 26.3 Å². The number of piperidine rings is 1. The van der Waals surface area contributed by atoms with Gasteiger partial charge in [-0.3, -0.25) is 4.79 Å². The zero-order valence-corrected chi connectivity index (χ0v) is 11.5. The summed E-state index contributed by atoms with van der Waals surface area (Å²) in [5.41, 5.74) is 0. The van der Waals surface area contributed by atoms with E-state index in [1.807, 2.05) is 4.90 Å². The van der Waals surface area contributed by atoms with Gasteiger partial charge in [0.05, 0.1) is 19.8 Å². The van der Waals surface area contributed by atoms with Gasteiger partial charge in [0.25, 0.3) is 0 Å². The largest absolute Gasteiger partial charge is 0.346 e. The van der Waals surface area contributed by atoms with Gasteiger partial charge in [-0.05, 0) is 37.5 Å². The molecule has 0 aromatic heterocycles. The Kier molecular flexibility index (Phi) is 2.85. The van der Waals surface area contributed by atoms with Gasteiger partial charge in [0.1, 0.15) is 0 Å². The van der Waals surface area contributed by atoms with Gasteiger partial charge in [0.2, 0.25) is 5.91 Å². The molecule has 1 amide bonds. The minimum absolute atomic E-state index is 0.301. The molecule has 2 saturated carbocycles. The van der Waals surface area contributed by atoms with Crippen molar-refractivity contribution in [1.82, 2.24) is 4.90 Å². The predicted molar refractivity (Wildman–Crippen MR) is 69.4 cm³/mol. The highest BCUT2D eigenvalue weighted by Gasteiger charge is 2.47. The van der Waals surface area contributed by atoms with Gasteiger partial charge in [0, 0.05) is 18.9 Å². The molecule has 2 bridgehead atoms. The normalized spacial score (nSPS) is 40.2. The van der Waals surface area contributed by atoms with Crippen LogP contribution in [0.4, 0.5) is 0 Å². The lowest BCUT2D eigenvalue weighted by Crippen LogP contribution is -2.52. The van der Waals surface area contributed by atoms with Crippen molar-refractivity contribution >= 4 is 5.91 Å². The number of rotatable bonds is 1. The average molecular weight is 265 g/mol. The number of nitrogens with zero attached hydrogens (tertiary/aromatic N) is 1. The summed E-state index contributed by atoms with van der Waals surface area (Å²) in [4.78, 5) is 14.8. The fourth-order valence-corrected chi connectivity index (χ4v) is 4.69. The predicted octanol–water partition coefficient (Wildman–Crippen LogP) is 1.79. The van der Waals surface area contributed by atoms with Crippen LogP contribution in [0.15, 0.2) is 0 Å². The number of carbonyl (C=O) groups excluding carboxylic acids is 1. The highest BCUT2D eigenvalue weighted by Crippen LogP contribution is 2.49. The topological polar surface area (TPSA) is 38.8 Å². The van der Waals surface area contributed by atoms with Crippen LogP contribution in [0, 0.1) is 17.8 Å². The molecule has 4 nitrogen and oxygen atoms in total. The SMILES string of the molecule is O=C(C1CC2CCC1C2)N1CCCC2(C1)OCCO2. The number of ether oxygens (including phenoxy) is 2. The third-order valence-electron chi connectivity index (χ3n) is 5.60. The summed E-state index contributed by atoms with van der Waals surface area (Å²) < 4.78 is 11.5. The molecule has 19 heavy (non-hydrogen) atoms. The van der Waals surface area contributed by atoms with E-state index in [1.54, 1.807) is 0 Å². The smallest absolute Gasteiger partial charge is 0.226 e. The Bertz CT molecular complexity index is 378. The molecule has 2 aliphatic heterocycles. The van der Waals surface area contributed by atoms with Crippen LogP contribution in [-0.2, 0) is 14.3 Å². The molecule has 2 heterocycles. The van der Waals surface area contributed by atoms with Crippen LogP contribution in [0.2, 0.25) is 0 Å². The molecule has 0 radical (unpaired) electrons. The summed E-state index contributed by atoms with van der Waals surface area (Å²) in [6.07, 6.45) is 6.99. The highest BCUT2D eigenvalue weighted by atomic mass is 16.7. The number of hydrogen-bond acceptors (Lipinski definition) is 3. The van der Waals surface area contributed by atoms with E-state index in [2.05, 4.69) is 0 Å². The van der Waals surface area contributed by atoms with Crippen LogP contribution < -0.4 is 0 Å². The molecular weight excluding hydrogens is 242 g/mol. The fraction of sp³-hybridized carbons (Fsp3) is 0.933. The first kappa shape index (κ1) is 12.2. The molecule has 4 rings (SSSR count). The Hall–Kier alpha value is -0.610. The van der Waals surface area contributed by atoms with Crippen molar-refractivity contribution < 1.29 is 14.3 Å². The highest BCUT2D eigenvalue weighted by molar-refractivity contribution is 5.80. The van der Waals surface area contributed by atoms with E-state index in [1.165, 1.54) is 19.3 Å². The Morgan fingerprint density at radius 1 is 1.16 bits per heavy atom. The molecule has 0 aromatic carbocycles. The van der Waals surface area contributed by atoms with E-state index < -0.39 is 5.79 Å². The first-order chi connectivity index (χ1) is 9.26. The van der Waals surface area contributed by atoms with Gasteiger partial charge in [0.15, 0.2) is 5.79 Å². The summed E-state index contributed by atoms with van der Waals surface area (Å²) in [5, 5.41) is 0. The van der Waals surface area contributed by atoms with Crippen LogP contribution in [-0.4, -0.2) is 42.9 Å². The van der Waals surface area contributed by atoms with E-state index in [0.29, 0.717) is 37.5 Å². The molecule has 0 N–H and O–H groups in total. The Labute approximate surface area is 114 Å². The molecule has 3 unspecified atom stereocenters. The van der Waals surface area contributed by atoms with Crippen molar-refractivity contribution in [2.24, 2.45) is 17.8 Å². The third kappa shape index (κ3) is 2.00. The minimum Gasteiger partial charge on any atom is -0.346 e. The number of fused-ring (bicyclic) bond motifs is 2. The van der Waals surface area contributed by atoms with Crippen LogP contribution in [0.25, 0.3) is 0 Å². The summed E-state index contributed by atoms with van der Waals surface area (Å²) in [5.74, 6) is 1.71. The quantitative estimate of drug-likeness (QED) is 0.725. The molecule has 106 valence electrons. The molecule has 4 heteroatoms. The molecule has 3 atom stereocenters. The Morgan fingerprint density at radius 2 is 2.00 bits per heavy atom. The number of likely N-dealkylation sites (tertiary alicyclic amines) is 1. The van der Waals surface area contributed by atoms with Crippen LogP contribution in [0.3, 0.4) is 0 Å². The maximum Gasteiger partial charge on any atom is 0.226 e. The Morgan fingerprint density at radius 3 is 2.68 bits per heavy atom. The summed E-state index contributed by atoms with van der Waals surface area (Å²) in [7, 11) is 0. The number of carbonyl (C=O) groups is 1. The summed E-state index contributed by atoms with van der Waals surface area (Å²) in [6.45, 7) is 2.90. The van der Waals surface area contributed by atoms with Gasteiger partial charge in [-0.15, -0.1) is 0 Å². The first-order valence-corrected chi connectivity index (χ1v) is 7.82. The monoisotopic (exact) mass is 265 g/mol. The van der Waals surface area contributed by atoms with Gasteiger partial charge < -0.3 is 14.4 Å². The van der Waals surface area contributed by atoms with Gasteiger partial charge in [-0.1, -0.05) is 6.42 Å². The zero-order chi connectivity index (χ0) is 12.9. The molecular formula is C15H23NO3. The van der Waals surface area contributed by atoms with Crippen molar-refractivity contribution in [3.05, 3.63) is 0 Å². The van der Waals surface area contributed by atoms with Crippen molar-refractivity contribution in [2.45, 2.75) is 44.3 Å². The van der Waals surface area contributed by atoms with Gasteiger partial charge in [-0.2, -0.15) is 0 Å². The Balaban J connectivity index is 1.45. The minimum atomic E-state index is -0.467. The standard InChI is InChI=1S/C15H23NO3/c17-14(13-9-11-2-3-12(13)8-11)16-5-1-4-15(10-16)18-6-7-19-15/h11-13H,1-10H2. The summed E-state index contributed by atoms with van der Waals surface area (Å²) in [6, 6.07) is 0. The van der Waals surface area contributed by atoms with Crippen LogP contribution in [0.5, 0.6) is 0 Å². The second-order valence-corrected chi connectivity index (χ2v) is 6.75. The maximum absolute atomic E-state index is 12.7. The maximum atomic E-state index is 12.7. The molecule has 2 aliphatic carbocycles. The second kappa shape index (κ2) is 4.45. The van der Waals surface area contributed by atoms with E-state index in [4.69, 9.17) is 9.47 Å². The van der Waals surface area contributed by atoms with E-state index in [9.17, 15) is 4.79 Å². The lowest BCUT2D eigenvalue weighted by atomic mass is 9.87. The van der Waals surface area contributed by atoms with Gasteiger partial charge >= 0.3 is 0 Å². The lowest BCUT2D eigenvalue weighted by Gasteiger charge is -2.40. The lowest BCUT2D eigenvalue weighted by molar-refractivity contribution is -0.195. The second-order valence-electron chi connectivity index (χ2n) is 6.75. The molecule has 0 aromatic rings. The molecule has 1 spiro atoms. The molecule has 2 saturated heterocycles. The van der Waals surface area contributed by atoms with E-state index in [-0.39, 0.29) is 0 Å². The third-order valence-corrected chi connectivity index (χ3v) is 5.60. The van der Waals surface area contributed by atoms with E-state index in [0.717, 1.165) is 31.7 Å². The first-order valence-electron chi connectivity index (χ1n) is 7.82. The van der Waals surface area contributed by atoms with Crippen molar-refractivity contribution in [1.29, 1.82) is 0 Å².